The van der Waals surface area contributed by atoms with Crippen LogP contribution >= 0.6 is 0 Å². The highest BCUT2D eigenvalue weighted by Gasteiger charge is 2.33. The summed E-state index contributed by atoms with van der Waals surface area (Å²) in [7, 11) is 0. The van der Waals surface area contributed by atoms with Crippen molar-refractivity contribution in [1.29, 1.82) is 0 Å². The summed E-state index contributed by atoms with van der Waals surface area (Å²) in [5.41, 5.74) is 1.21. The Balaban J connectivity index is 2.13. The summed E-state index contributed by atoms with van der Waals surface area (Å²) >= 11 is 0. The van der Waals surface area contributed by atoms with Crippen molar-refractivity contribution in [2.45, 2.75) is 46.1 Å². The Bertz CT molecular complexity index is 378. The Morgan fingerprint density at radius 1 is 1.29 bits per heavy atom. The number of nitrogens with zero attached hydrogens (tertiary/aromatic N) is 2. The Morgan fingerprint density at radius 2 is 2.00 bits per heavy atom. The molecule has 0 radical (unpaired) electrons. The Hall–Kier alpha value is -1.32. The number of hydrogen-bond donors (Lipinski definition) is 2. The minimum Gasteiger partial charge on any atom is -0.370 e. The van der Waals surface area contributed by atoms with Crippen LogP contribution in [0.1, 0.15) is 39.2 Å². The van der Waals surface area contributed by atoms with Crippen LogP contribution in [0.5, 0.6) is 0 Å². The van der Waals surface area contributed by atoms with Crippen molar-refractivity contribution in [2.75, 3.05) is 17.2 Å². The largest absolute Gasteiger partial charge is 0.370 e. The number of rotatable bonds is 6. The van der Waals surface area contributed by atoms with Gasteiger partial charge < -0.3 is 10.6 Å². The third kappa shape index (κ3) is 2.87. The van der Waals surface area contributed by atoms with Gasteiger partial charge in [-0.15, -0.1) is 0 Å². The van der Waals surface area contributed by atoms with Crippen LogP contribution in [0.15, 0.2) is 6.33 Å². The third-order valence-electron chi connectivity index (χ3n) is 3.27. The van der Waals surface area contributed by atoms with E-state index in [-0.39, 0.29) is 0 Å². The summed E-state index contributed by atoms with van der Waals surface area (Å²) in [4.78, 5) is 8.70. The quantitative estimate of drug-likeness (QED) is 0.794. The summed E-state index contributed by atoms with van der Waals surface area (Å²) < 4.78 is 0. The van der Waals surface area contributed by atoms with Gasteiger partial charge in [-0.3, -0.25) is 0 Å². The van der Waals surface area contributed by atoms with Crippen LogP contribution in [0, 0.1) is 5.92 Å². The van der Waals surface area contributed by atoms with Crippen LogP contribution in [-0.4, -0.2) is 22.6 Å². The van der Waals surface area contributed by atoms with Crippen LogP contribution in [0.4, 0.5) is 11.6 Å². The van der Waals surface area contributed by atoms with Gasteiger partial charge in [0.1, 0.15) is 18.0 Å². The molecule has 1 fully saturated rings. The summed E-state index contributed by atoms with van der Waals surface area (Å²) in [6, 6.07) is 0.606. The van der Waals surface area contributed by atoms with Crippen LogP contribution in [0.2, 0.25) is 0 Å². The van der Waals surface area contributed by atoms with E-state index in [1.54, 1.807) is 6.33 Å². The lowest BCUT2D eigenvalue weighted by molar-refractivity contribution is 0.909. The van der Waals surface area contributed by atoms with Crippen molar-refractivity contribution in [2.24, 2.45) is 5.92 Å². The predicted molar refractivity (Wildman–Crippen MR) is 71.4 cm³/mol. The highest BCUT2D eigenvalue weighted by Crippen LogP contribution is 2.33. The second kappa shape index (κ2) is 5.34. The first kappa shape index (κ1) is 12.1. The predicted octanol–water partition coefficient (Wildman–Crippen LogP) is 2.68. The maximum Gasteiger partial charge on any atom is 0.134 e. The molecule has 0 spiro atoms. The zero-order chi connectivity index (χ0) is 12.3. The Morgan fingerprint density at radius 3 is 2.59 bits per heavy atom. The van der Waals surface area contributed by atoms with E-state index in [0.717, 1.165) is 36.9 Å². The van der Waals surface area contributed by atoms with E-state index in [1.807, 2.05) is 0 Å². The molecule has 94 valence electrons. The number of nitrogens with one attached hydrogen (secondary N) is 2. The molecule has 2 rings (SSSR count). The van der Waals surface area contributed by atoms with Crippen molar-refractivity contribution < 1.29 is 0 Å². The highest BCUT2D eigenvalue weighted by molar-refractivity contribution is 5.58. The second-order valence-electron chi connectivity index (χ2n) is 4.79. The van der Waals surface area contributed by atoms with Crippen LogP contribution in [0.25, 0.3) is 0 Å². The molecule has 4 heteroatoms. The molecule has 2 atom stereocenters. The van der Waals surface area contributed by atoms with Gasteiger partial charge in [-0.1, -0.05) is 20.8 Å². The SMILES string of the molecule is CCCNc1ncnc(NC2CC2C)c1CC. The molecule has 1 aromatic rings. The molecule has 2 unspecified atom stereocenters. The topological polar surface area (TPSA) is 49.8 Å². The minimum atomic E-state index is 0.606. The van der Waals surface area contributed by atoms with E-state index in [9.17, 15) is 0 Å². The minimum absolute atomic E-state index is 0.606. The first-order valence-corrected chi connectivity index (χ1v) is 6.60. The van der Waals surface area contributed by atoms with Gasteiger partial charge in [0.15, 0.2) is 0 Å². The number of hydrogen-bond acceptors (Lipinski definition) is 4. The van der Waals surface area contributed by atoms with Crippen molar-refractivity contribution in [3.8, 4) is 0 Å². The Labute approximate surface area is 103 Å². The summed E-state index contributed by atoms with van der Waals surface area (Å²) in [5, 5.41) is 6.88. The third-order valence-corrected chi connectivity index (χ3v) is 3.27. The molecule has 0 amide bonds. The molecule has 0 saturated heterocycles. The molecule has 17 heavy (non-hydrogen) atoms. The molecule has 1 heterocycles. The molecule has 0 bridgehead atoms. The molecule has 1 aliphatic carbocycles. The fourth-order valence-corrected chi connectivity index (χ4v) is 1.97. The van der Waals surface area contributed by atoms with E-state index >= 15 is 0 Å². The fourth-order valence-electron chi connectivity index (χ4n) is 1.97. The zero-order valence-corrected chi connectivity index (χ0v) is 11.0. The van der Waals surface area contributed by atoms with Crippen LogP contribution in [0.3, 0.4) is 0 Å². The monoisotopic (exact) mass is 234 g/mol. The molecule has 2 N–H and O–H groups in total. The summed E-state index contributed by atoms with van der Waals surface area (Å²) in [5.74, 6) is 2.78. The van der Waals surface area contributed by atoms with Crippen molar-refractivity contribution in [1.82, 2.24) is 9.97 Å². The maximum absolute atomic E-state index is 4.37. The van der Waals surface area contributed by atoms with Gasteiger partial charge in [0, 0.05) is 18.2 Å². The average Bonchev–Trinajstić information content (AvgIpc) is 3.02. The van der Waals surface area contributed by atoms with E-state index in [0.29, 0.717) is 6.04 Å². The molecule has 1 saturated carbocycles. The standard InChI is InChI=1S/C13H22N4/c1-4-6-14-12-10(5-2)13(16-8-15-12)17-11-7-9(11)3/h8-9,11H,4-7H2,1-3H3,(H2,14,15,16,17). The Kier molecular flexibility index (Phi) is 3.82. The van der Waals surface area contributed by atoms with E-state index in [2.05, 4.69) is 41.4 Å². The first-order valence-electron chi connectivity index (χ1n) is 6.60. The van der Waals surface area contributed by atoms with Crippen molar-refractivity contribution in [3.05, 3.63) is 11.9 Å². The van der Waals surface area contributed by atoms with Gasteiger partial charge in [0.25, 0.3) is 0 Å². The fraction of sp³-hybridized carbons (Fsp3) is 0.692. The van der Waals surface area contributed by atoms with Crippen molar-refractivity contribution in [3.63, 3.8) is 0 Å². The number of aromatic nitrogens is 2. The lowest BCUT2D eigenvalue weighted by Gasteiger charge is -2.13. The van der Waals surface area contributed by atoms with Gasteiger partial charge in [-0.25, -0.2) is 9.97 Å². The van der Waals surface area contributed by atoms with Gasteiger partial charge in [0.05, 0.1) is 0 Å². The maximum atomic E-state index is 4.37. The lowest BCUT2D eigenvalue weighted by Crippen LogP contribution is -2.12. The molecule has 4 nitrogen and oxygen atoms in total. The van der Waals surface area contributed by atoms with E-state index < -0.39 is 0 Å². The van der Waals surface area contributed by atoms with Gasteiger partial charge in [-0.2, -0.15) is 0 Å². The summed E-state index contributed by atoms with van der Waals surface area (Å²) in [6.45, 7) is 7.53. The van der Waals surface area contributed by atoms with Gasteiger partial charge in [-0.05, 0) is 25.2 Å². The molecule has 1 aromatic heterocycles. The second-order valence-corrected chi connectivity index (χ2v) is 4.79. The lowest BCUT2D eigenvalue weighted by atomic mass is 10.2. The van der Waals surface area contributed by atoms with E-state index in [4.69, 9.17) is 0 Å². The zero-order valence-electron chi connectivity index (χ0n) is 11.0. The van der Waals surface area contributed by atoms with Gasteiger partial charge >= 0.3 is 0 Å². The van der Waals surface area contributed by atoms with Crippen LogP contribution in [-0.2, 0) is 6.42 Å². The molecule has 0 aromatic carbocycles. The van der Waals surface area contributed by atoms with Crippen LogP contribution < -0.4 is 10.6 Å². The number of anilines is 2. The molecular formula is C13H22N4. The average molecular weight is 234 g/mol. The van der Waals surface area contributed by atoms with Gasteiger partial charge in [0.2, 0.25) is 0 Å². The van der Waals surface area contributed by atoms with E-state index in [1.165, 1.54) is 12.0 Å². The van der Waals surface area contributed by atoms with Crippen molar-refractivity contribution >= 4 is 11.6 Å². The normalized spacial score (nSPS) is 22.3. The molecule has 0 aliphatic heterocycles. The summed E-state index contributed by atoms with van der Waals surface area (Å²) in [6.07, 6.45) is 4.96. The smallest absolute Gasteiger partial charge is 0.134 e. The molecular weight excluding hydrogens is 212 g/mol. The molecule has 1 aliphatic rings. The highest BCUT2D eigenvalue weighted by atomic mass is 15.1. The first-order chi connectivity index (χ1) is 8.26.